The number of esters is 1. The van der Waals surface area contributed by atoms with Crippen molar-refractivity contribution >= 4 is 17.9 Å². The minimum atomic E-state index is -0.827. The van der Waals surface area contributed by atoms with Crippen molar-refractivity contribution in [2.75, 3.05) is 7.11 Å². The highest BCUT2D eigenvalue weighted by Crippen LogP contribution is 2.18. The molecule has 7 heteroatoms. The molecule has 3 amide bonds. The lowest BCUT2D eigenvalue weighted by atomic mass is 10.0. The Hall–Kier alpha value is -3.35. The van der Waals surface area contributed by atoms with Crippen molar-refractivity contribution in [1.29, 1.82) is 0 Å². The number of methoxy groups -OCH3 is 1. The van der Waals surface area contributed by atoms with Gasteiger partial charge in [-0.15, -0.1) is 0 Å². The van der Waals surface area contributed by atoms with Gasteiger partial charge in [-0.05, 0) is 18.1 Å². The van der Waals surface area contributed by atoms with Gasteiger partial charge < -0.3 is 21.1 Å². The Bertz CT molecular complexity index is 823. The van der Waals surface area contributed by atoms with Gasteiger partial charge in [-0.3, -0.25) is 4.79 Å². The second-order valence-corrected chi connectivity index (χ2v) is 6.51. The molecule has 0 saturated heterocycles. The van der Waals surface area contributed by atoms with Crippen LogP contribution in [0.15, 0.2) is 54.6 Å². The highest BCUT2D eigenvalue weighted by atomic mass is 16.5. The van der Waals surface area contributed by atoms with E-state index in [1.165, 1.54) is 7.11 Å². The fourth-order valence-corrected chi connectivity index (χ4v) is 2.93. The number of nitrogens with one attached hydrogen (secondary N) is 2. The molecule has 0 aliphatic rings. The maximum absolute atomic E-state index is 12.6. The molecule has 0 radical (unpaired) electrons. The molecule has 2 aromatic rings. The Morgan fingerprint density at radius 3 is 2.36 bits per heavy atom. The van der Waals surface area contributed by atoms with E-state index in [0.717, 1.165) is 16.7 Å². The molecule has 4 N–H and O–H groups in total. The molecule has 2 rings (SSSR count). The number of rotatable bonds is 8. The van der Waals surface area contributed by atoms with Gasteiger partial charge in [0, 0.05) is 6.42 Å². The number of primary amides is 1. The van der Waals surface area contributed by atoms with Crippen LogP contribution in [0.25, 0.3) is 0 Å². The average Bonchev–Trinajstić information content (AvgIpc) is 2.66. The summed E-state index contributed by atoms with van der Waals surface area (Å²) in [6.07, 6.45) is 0.242. The van der Waals surface area contributed by atoms with Gasteiger partial charge in [-0.1, -0.05) is 60.2 Å². The molecular weight excluding hydrogens is 358 g/mol. The van der Waals surface area contributed by atoms with Crippen LogP contribution in [0.4, 0.5) is 4.79 Å². The first-order valence-electron chi connectivity index (χ1n) is 8.92. The third kappa shape index (κ3) is 6.42. The molecule has 0 fully saturated rings. The minimum Gasteiger partial charge on any atom is -0.467 e. The summed E-state index contributed by atoms with van der Waals surface area (Å²) >= 11 is 0. The van der Waals surface area contributed by atoms with E-state index in [4.69, 9.17) is 10.5 Å². The standard InChI is InChI=1S/C21H25N3O4/c1-14-7-6-10-16(11-14)17(24-21(22)27)13-19(25)23-18(20(26)28-2)12-15-8-4-3-5-9-15/h3-11,17-18H,12-13H2,1-2H3,(H,23,25)(H3,22,24,27). The number of nitrogens with two attached hydrogens (primary N) is 1. The van der Waals surface area contributed by atoms with Crippen LogP contribution in [-0.2, 0) is 20.7 Å². The van der Waals surface area contributed by atoms with E-state index in [0.29, 0.717) is 6.42 Å². The van der Waals surface area contributed by atoms with Crippen molar-refractivity contribution in [1.82, 2.24) is 10.6 Å². The molecule has 0 bridgehead atoms. The Labute approximate surface area is 164 Å². The quantitative estimate of drug-likeness (QED) is 0.606. The molecule has 0 spiro atoms. The molecule has 7 nitrogen and oxygen atoms in total. The summed E-state index contributed by atoms with van der Waals surface area (Å²) in [6, 6.07) is 14.6. The normalized spacial score (nSPS) is 12.5. The number of hydrogen-bond donors (Lipinski definition) is 3. The molecule has 0 aromatic heterocycles. The summed E-state index contributed by atoms with van der Waals surface area (Å²) in [4.78, 5) is 36.1. The number of carbonyl (C=O) groups is 3. The van der Waals surface area contributed by atoms with Crippen LogP contribution in [0, 0.1) is 6.92 Å². The Morgan fingerprint density at radius 1 is 1.04 bits per heavy atom. The maximum Gasteiger partial charge on any atom is 0.328 e. The first-order chi connectivity index (χ1) is 13.4. The van der Waals surface area contributed by atoms with E-state index >= 15 is 0 Å². The van der Waals surface area contributed by atoms with Gasteiger partial charge in [0.25, 0.3) is 0 Å². The van der Waals surface area contributed by atoms with Crippen molar-refractivity contribution in [2.45, 2.75) is 31.8 Å². The minimum absolute atomic E-state index is 0.0608. The largest absolute Gasteiger partial charge is 0.467 e. The first-order valence-corrected chi connectivity index (χ1v) is 8.92. The fraction of sp³-hybridized carbons (Fsp3) is 0.286. The number of amides is 3. The third-order valence-corrected chi connectivity index (χ3v) is 4.25. The zero-order chi connectivity index (χ0) is 20.5. The van der Waals surface area contributed by atoms with Crippen molar-refractivity contribution in [3.05, 3.63) is 71.3 Å². The van der Waals surface area contributed by atoms with Gasteiger partial charge in [0.2, 0.25) is 5.91 Å². The van der Waals surface area contributed by atoms with Crippen LogP contribution in [0.5, 0.6) is 0 Å². The van der Waals surface area contributed by atoms with Crippen molar-refractivity contribution in [3.8, 4) is 0 Å². The van der Waals surface area contributed by atoms with Gasteiger partial charge in [-0.2, -0.15) is 0 Å². The van der Waals surface area contributed by atoms with Crippen LogP contribution >= 0.6 is 0 Å². The lowest BCUT2D eigenvalue weighted by Gasteiger charge is -2.21. The Morgan fingerprint density at radius 2 is 1.75 bits per heavy atom. The van der Waals surface area contributed by atoms with Gasteiger partial charge >= 0.3 is 12.0 Å². The molecule has 2 atom stereocenters. The van der Waals surface area contributed by atoms with E-state index in [1.807, 2.05) is 61.5 Å². The van der Waals surface area contributed by atoms with Crippen LogP contribution in [0.2, 0.25) is 0 Å². The van der Waals surface area contributed by atoms with E-state index < -0.39 is 30.0 Å². The number of ether oxygens (including phenoxy) is 1. The topological polar surface area (TPSA) is 111 Å². The molecule has 2 unspecified atom stereocenters. The van der Waals surface area contributed by atoms with Gasteiger partial charge in [0.1, 0.15) is 6.04 Å². The Kier molecular flexibility index (Phi) is 7.56. The third-order valence-electron chi connectivity index (χ3n) is 4.25. The van der Waals surface area contributed by atoms with Gasteiger partial charge in [-0.25, -0.2) is 9.59 Å². The maximum atomic E-state index is 12.6. The summed E-state index contributed by atoms with van der Waals surface area (Å²) in [5.41, 5.74) is 7.90. The summed E-state index contributed by atoms with van der Waals surface area (Å²) in [5, 5.41) is 5.28. The second-order valence-electron chi connectivity index (χ2n) is 6.51. The summed E-state index contributed by atoms with van der Waals surface area (Å²) in [6.45, 7) is 1.91. The predicted octanol–water partition coefficient (Wildman–Crippen LogP) is 2.00. The SMILES string of the molecule is COC(=O)C(Cc1ccccc1)NC(=O)CC(NC(N)=O)c1cccc(C)c1. The second kappa shape index (κ2) is 10.1. The Balaban J connectivity index is 2.11. The molecule has 0 aliphatic heterocycles. The van der Waals surface area contributed by atoms with Gasteiger partial charge in [0.15, 0.2) is 0 Å². The highest BCUT2D eigenvalue weighted by molar-refractivity contribution is 5.85. The monoisotopic (exact) mass is 383 g/mol. The number of urea groups is 1. The van der Waals surface area contributed by atoms with E-state index in [-0.39, 0.29) is 6.42 Å². The van der Waals surface area contributed by atoms with Crippen LogP contribution in [-0.4, -0.2) is 31.1 Å². The van der Waals surface area contributed by atoms with E-state index in [1.54, 1.807) is 0 Å². The lowest BCUT2D eigenvalue weighted by Crippen LogP contribution is -2.44. The zero-order valence-electron chi connectivity index (χ0n) is 16.0. The smallest absolute Gasteiger partial charge is 0.328 e. The molecule has 2 aromatic carbocycles. The predicted molar refractivity (Wildman–Crippen MR) is 105 cm³/mol. The van der Waals surface area contributed by atoms with E-state index in [9.17, 15) is 14.4 Å². The summed E-state index contributed by atoms with van der Waals surface area (Å²) in [5.74, 6) is -0.932. The highest BCUT2D eigenvalue weighted by Gasteiger charge is 2.24. The first kappa shape index (κ1) is 21.0. The average molecular weight is 383 g/mol. The molecule has 0 saturated carbocycles. The van der Waals surface area contributed by atoms with E-state index in [2.05, 4.69) is 10.6 Å². The van der Waals surface area contributed by atoms with Crippen LogP contribution in [0.1, 0.15) is 29.2 Å². The number of carbonyl (C=O) groups excluding carboxylic acids is 3. The number of hydrogen-bond acceptors (Lipinski definition) is 4. The molecular formula is C21H25N3O4. The summed E-state index contributed by atoms with van der Waals surface area (Å²) < 4.78 is 4.81. The van der Waals surface area contributed by atoms with Crippen molar-refractivity contribution in [3.63, 3.8) is 0 Å². The number of benzene rings is 2. The molecule has 28 heavy (non-hydrogen) atoms. The fourth-order valence-electron chi connectivity index (χ4n) is 2.93. The molecule has 0 aliphatic carbocycles. The van der Waals surface area contributed by atoms with Crippen LogP contribution < -0.4 is 16.4 Å². The van der Waals surface area contributed by atoms with Crippen LogP contribution in [0.3, 0.4) is 0 Å². The zero-order valence-corrected chi connectivity index (χ0v) is 16.0. The lowest BCUT2D eigenvalue weighted by molar-refractivity contribution is -0.145. The van der Waals surface area contributed by atoms with Crippen molar-refractivity contribution < 1.29 is 19.1 Å². The summed E-state index contributed by atoms with van der Waals surface area (Å²) in [7, 11) is 1.27. The molecule has 0 heterocycles. The van der Waals surface area contributed by atoms with Crippen molar-refractivity contribution in [2.24, 2.45) is 5.73 Å². The number of aryl methyl sites for hydroxylation is 1. The molecule has 148 valence electrons. The van der Waals surface area contributed by atoms with Gasteiger partial charge in [0.05, 0.1) is 19.6 Å².